The van der Waals surface area contributed by atoms with Gasteiger partial charge in [-0.1, -0.05) is 23.7 Å². The Morgan fingerprint density at radius 2 is 1.93 bits per heavy atom. The lowest BCUT2D eigenvalue weighted by Crippen LogP contribution is -2.28. The Morgan fingerprint density at radius 1 is 1.36 bits per heavy atom. The molecule has 0 aliphatic carbocycles. The standard InChI is InChI=1S/C9H9ClF3N/c1-5-2-3-6(7(10)4-5)8(14)9(11,12)13/h2-4,8H,14H2,1H3/t8-/m1/s1. The molecular weight excluding hydrogens is 215 g/mol. The van der Waals surface area contributed by atoms with Crippen molar-refractivity contribution in [2.75, 3.05) is 0 Å². The van der Waals surface area contributed by atoms with E-state index in [0.717, 1.165) is 5.56 Å². The molecule has 0 spiro atoms. The highest BCUT2D eigenvalue weighted by Gasteiger charge is 2.38. The summed E-state index contributed by atoms with van der Waals surface area (Å²) in [6.07, 6.45) is -4.46. The van der Waals surface area contributed by atoms with Crippen molar-refractivity contribution in [3.63, 3.8) is 0 Å². The lowest BCUT2D eigenvalue weighted by Gasteiger charge is -2.17. The number of alkyl halides is 3. The van der Waals surface area contributed by atoms with Crippen LogP contribution in [0.25, 0.3) is 0 Å². The summed E-state index contributed by atoms with van der Waals surface area (Å²) in [5, 5.41) is 0.0508. The third-order valence-corrected chi connectivity index (χ3v) is 2.17. The number of benzene rings is 1. The van der Waals surface area contributed by atoms with Crippen LogP contribution in [0.15, 0.2) is 18.2 Å². The van der Waals surface area contributed by atoms with Crippen molar-refractivity contribution in [1.29, 1.82) is 0 Å². The first-order valence-electron chi connectivity index (χ1n) is 3.90. The minimum absolute atomic E-state index is 0.0508. The van der Waals surface area contributed by atoms with Crippen LogP contribution in [0, 0.1) is 6.92 Å². The topological polar surface area (TPSA) is 26.0 Å². The number of halogens is 4. The summed E-state index contributed by atoms with van der Waals surface area (Å²) in [6.45, 7) is 1.74. The van der Waals surface area contributed by atoms with Crippen LogP contribution in [0.3, 0.4) is 0 Å². The zero-order valence-corrected chi connectivity index (χ0v) is 8.15. The van der Waals surface area contributed by atoms with E-state index < -0.39 is 12.2 Å². The van der Waals surface area contributed by atoms with Gasteiger partial charge in [-0.2, -0.15) is 13.2 Å². The molecule has 78 valence electrons. The molecule has 0 aromatic heterocycles. The second-order valence-corrected chi connectivity index (χ2v) is 3.45. The van der Waals surface area contributed by atoms with Crippen LogP contribution in [0.2, 0.25) is 5.02 Å². The van der Waals surface area contributed by atoms with Gasteiger partial charge in [-0.25, -0.2) is 0 Å². The van der Waals surface area contributed by atoms with Crippen molar-refractivity contribution >= 4 is 11.6 Å². The SMILES string of the molecule is Cc1ccc([C@@H](N)C(F)(F)F)c(Cl)c1. The first-order chi connectivity index (χ1) is 6.32. The summed E-state index contributed by atoms with van der Waals surface area (Å²) in [6, 6.07) is 2.29. The van der Waals surface area contributed by atoms with Gasteiger partial charge in [0.2, 0.25) is 0 Å². The Kier molecular flexibility index (Phi) is 3.07. The van der Waals surface area contributed by atoms with Gasteiger partial charge in [0.15, 0.2) is 0 Å². The van der Waals surface area contributed by atoms with Crippen molar-refractivity contribution in [3.05, 3.63) is 34.3 Å². The quantitative estimate of drug-likeness (QED) is 0.777. The molecule has 1 rings (SSSR count). The van der Waals surface area contributed by atoms with Gasteiger partial charge < -0.3 is 5.73 Å². The molecule has 0 aliphatic heterocycles. The van der Waals surface area contributed by atoms with Gasteiger partial charge >= 0.3 is 6.18 Å². The van der Waals surface area contributed by atoms with Crippen LogP contribution in [-0.4, -0.2) is 6.18 Å². The Bertz CT molecular complexity index is 335. The number of nitrogens with two attached hydrogens (primary N) is 1. The molecule has 0 unspecified atom stereocenters. The monoisotopic (exact) mass is 223 g/mol. The largest absolute Gasteiger partial charge is 0.407 e. The normalized spacial score (nSPS) is 14.1. The minimum Gasteiger partial charge on any atom is -0.316 e. The average Bonchev–Trinajstić information content (AvgIpc) is 2.01. The van der Waals surface area contributed by atoms with Crippen LogP contribution in [0.1, 0.15) is 17.2 Å². The molecule has 0 aliphatic rings. The Morgan fingerprint density at radius 3 is 2.36 bits per heavy atom. The van der Waals surface area contributed by atoms with Crippen LogP contribution in [0.5, 0.6) is 0 Å². The fourth-order valence-electron chi connectivity index (χ4n) is 1.06. The van der Waals surface area contributed by atoms with Crippen molar-refractivity contribution < 1.29 is 13.2 Å². The van der Waals surface area contributed by atoms with E-state index in [4.69, 9.17) is 17.3 Å². The van der Waals surface area contributed by atoms with E-state index >= 15 is 0 Å². The first-order valence-corrected chi connectivity index (χ1v) is 4.28. The molecule has 0 bridgehead atoms. The highest BCUT2D eigenvalue weighted by Crippen LogP contribution is 2.34. The van der Waals surface area contributed by atoms with Crippen molar-refractivity contribution in [1.82, 2.24) is 0 Å². The Hall–Kier alpha value is -0.740. The van der Waals surface area contributed by atoms with Crippen LogP contribution in [0.4, 0.5) is 13.2 Å². The Labute approximate surface area is 84.7 Å². The molecular formula is C9H9ClF3N. The molecule has 2 N–H and O–H groups in total. The van der Waals surface area contributed by atoms with Gasteiger partial charge in [0, 0.05) is 5.02 Å². The molecule has 5 heteroatoms. The number of hydrogen-bond donors (Lipinski definition) is 1. The maximum Gasteiger partial charge on any atom is 0.407 e. The fraction of sp³-hybridized carbons (Fsp3) is 0.333. The minimum atomic E-state index is -4.46. The molecule has 0 heterocycles. The summed E-state index contributed by atoms with van der Waals surface area (Å²) < 4.78 is 36.7. The zero-order valence-electron chi connectivity index (χ0n) is 7.40. The van der Waals surface area contributed by atoms with E-state index in [1.807, 2.05) is 0 Å². The lowest BCUT2D eigenvalue weighted by atomic mass is 10.1. The summed E-state index contributed by atoms with van der Waals surface area (Å²) in [5.41, 5.74) is 5.72. The summed E-state index contributed by atoms with van der Waals surface area (Å²) in [5.74, 6) is 0. The lowest BCUT2D eigenvalue weighted by molar-refractivity contribution is -0.149. The van der Waals surface area contributed by atoms with E-state index in [2.05, 4.69) is 0 Å². The van der Waals surface area contributed by atoms with Gasteiger partial charge in [0.25, 0.3) is 0 Å². The molecule has 0 radical (unpaired) electrons. The Balaban J connectivity index is 3.08. The van der Waals surface area contributed by atoms with E-state index in [1.54, 1.807) is 13.0 Å². The van der Waals surface area contributed by atoms with E-state index in [1.165, 1.54) is 12.1 Å². The molecule has 1 nitrogen and oxygen atoms in total. The molecule has 0 fully saturated rings. The number of hydrogen-bond acceptors (Lipinski definition) is 1. The van der Waals surface area contributed by atoms with Gasteiger partial charge in [-0.3, -0.25) is 0 Å². The first kappa shape index (κ1) is 11.3. The van der Waals surface area contributed by atoms with E-state index in [0.29, 0.717) is 0 Å². The molecule has 0 amide bonds. The second kappa shape index (κ2) is 3.79. The molecule has 0 saturated heterocycles. The van der Waals surface area contributed by atoms with Crippen molar-refractivity contribution in [2.45, 2.75) is 19.1 Å². The smallest absolute Gasteiger partial charge is 0.316 e. The number of rotatable bonds is 1. The highest BCUT2D eigenvalue weighted by molar-refractivity contribution is 6.31. The zero-order chi connectivity index (χ0) is 10.9. The third-order valence-electron chi connectivity index (χ3n) is 1.84. The van der Waals surface area contributed by atoms with Crippen LogP contribution in [-0.2, 0) is 0 Å². The van der Waals surface area contributed by atoms with Crippen molar-refractivity contribution in [2.24, 2.45) is 5.73 Å². The predicted molar refractivity (Wildman–Crippen MR) is 49.2 cm³/mol. The number of aryl methyl sites for hydroxylation is 1. The maximum atomic E-state index is 12.2. The highest BCUT2D eigenvalue weighted by atomic mass is 35.5. The van der Waals surface area contributed by atoms with Gasteiger partial charge in [-0.05, 0) is 24.1 Å². The maximum absolute atomic E-state index is 12.2. The van der Waals surface area contributed by atoms with Crippen LogP contribution < -0.4 is 5.73 Å². The molecule has 1 aromatic rings. The second-order valence-electron chi connectivity index (χ2n) is 3.04. The van der Waals surface area contributed by atoms with E-state index in [-0.39, 0.29) is 10.6 Å². The molecule has 1 aromatic carbocycles. The third kappa shape index (κ3) is 2.39. The summed E-state index contributed by atoms with van der Waals surface area (Å²) in [7, 11) is 0. The van der Waals surface area contributed by atoms with Gasteiger partial charge in [-0.15, -0.1) is 0 Å². The average molecular weight is 224 g/mol. The molecule has 1 atom stereocenters. The summed E-state index contributed by atoms with van der Waals surface area (Å²) >= 11 is 5.65. The van der Waals surface area contributed by atoms with Crippen molar-refractivity contribution in [3.8, 4) is 0 Å². The van der Waals surface area contributed by atoms with E-state index in [9.17, 15) is 13.2 Å². The van der Waals surface area contributed by atoms with Gasteiger partial charge in [0.1, 0.15) is 6.04 Å². The van der Waals surface area contributed by atoms with Gasteiger partial charge in [0.05, 0.1) is 0 Å². The molecule has 14 heavy (non-hydrogen) atoms. The molecule has 0 saturated carbocycles. The summed E-state index contributed by atoms with van der Waals surface area (Å²) in [4.78, 5) is 0. The van der Waals surface area contributed by atoms with Crippen LogP contribution >= 0.6 is 11.6 Å². The predicted octanol–water partition coefficient (Wildman–Crippen LogP) is 3.21. The fourth-order valence-corrected chi connectivity index (χ4v) is 1.41.